The highest BCUT2D eigenvalue weighted by Crippen LogP contribution is 2.02. The van der Waals surface area contributed by atoms with Crippen LogP contribution < -0.4 is 16.4 Å². The summed E-state index contributed by atoms with van der Waals surface area (Å²) in [5.41, 5.74) is 5.31. The number of amides is 1. The topological polar surface area (TPSA) is 87.4 Å². The molecule has 1 aliphatic heterocycles. The molecule has 1 aliphatic rings. The van der Waals surface area contributed by atoms with Gasteiger partial charge in [-0.05, 0) is 19.4 Å². The second-order valence-corrected chi connectivity index (χ2v) is 2.94. The number of carbonyl (C=O) groups excluding carboxylic acids is 1. The first-order chi connectivity index (χ1) is 5.72. The van der Waals surface area contributed by atoms with Gasteiger partial charge < -0.3 is 16.2 Å². The van der Waals surface area contributed by atoms with E-state index in [0.29, 0.717) is 6.54 Å². The molecule has 1 saturated heterocycles. The summed E-state index contributed by atoms with van der Waals surface area (Å²) in [5.74, 6) is -0.108. The van der Waals surface area contributed by atoms with Crippen LogP contribution in [0.25, 0.3) is 0 Å². The van der Waals surface area contributed by atoms with Gasteiger partial charge in [-0.3, -0.25) is 10.1 Å². The Morgan fingerprint density at radius 1 is 1.62 bits per heavy atom. The molecule has 0 aliphatic carbocycles. The van der Waals surface area contributed by atoms with Crippen molar-refractivity contribution in [3.8, 4) is 0 Å². The third-order valence-electron chi connectivity index (χ3n) is 1.80. The molecule has 1 fully saturated rings. The van der Waals surface area contributed by atoms with Crippen LogP contribution in [0.15, 0.2) is 0 Å². The number of nitrogens with one attached hydrogen (secondary N) is 2. The minimum Gasteiger partial charge on any atom is -0.378 e. The molecule has 0 spiro atoms. The Morgan fingerprint density at radius 3 is 2.85 bits per heavy atom. The fourth-order valence-corrected chi connectivity index (χ4v) is 1.24. The monoisotopic (exact) mass is 209 g/mol. The SMILES string of the molecule is Cl.NCCCC1NC(=O)CC(O)N1. The standard InChI is InChI=1S/C7H15N3O2.ClH/c8-3-1-2-5-9-6(11)4-7(12)10-5;/h5-6,9,11H,1-4,8H2,(H,10,12);1H. The number of aliphatic hydroxyl groups is 1. The van der Waals surface area contributed by atoms with Crippen molar-refractivity contribution in [3.63, 3.8) is 0 Å². The minimum absolute atomic E-state index is 0. The summed E-state index contributed by atoms with van der Waals surface area (Å²) in [6.07, 6.45) is 0.912. The van der Waals surface area contributed by atoms with Crippen LogP contribution in [0.1, 0.15) is 19.3 Å². The van der Waals surface area contributed by atoms with E-state index in [9.17, 15) is 4.79 Å². The van der Waals surface area contributed by atoms with Gasteiger partial charge in [0, 0.05) is 0 Å². The highest BCUT2D eigenvalue weighted by atomic mass is 35.5. The molecule has 5 nitrogen and oxygen atoms in total. The molecule has 0 aromatic carbocycles. The lowest BCUT2D eigenvalue weighted by Gasteiger charge is -2.28. The summed E-state index contributed by atoms with van der Waals surface area (Å²) in [5, 5.41) is 14.7. The Balaban J connectivity index is 0.00000144. The fourth-order valence-electron chi connectivity index (χ4n) is 1.24. The maximum absolute atomic E-state index is 10.9. The zero-order valence-electron chi connectivity index (χ0n) is 7.32. The van der Waals surface area contributed by atoms with E-state index in [1.165, 1.54) is 0 Å². The highest BCUT2D eigenvalue weighted by molar-refractivity contribution is 5.85. The lowest BCUT2D eigenvalue weighted by Crippen LogP contribution is -2.56. The molecule has 0 aromatic rings. The zero-order chi connectivity index (χ0) is 8.97. The van der Waals surface area contributed by atoms with Gasteiger partial charge in [-0.15, -0.1) is 12.4 Å². The Labute approximate surface area is 83.5 Å². The lowest BCUT2D eigenvalue weighted by atomic mass is 10.2. The molecular weight excluding hydrogens is 194 g/mol. The van der Waals surface area contributed by atoms with E-state index in [-0.39, 0.29) is 30.9 Å². The molecule has 1 amide bonds. The van der Waals surface area contributed by atoms with Crippen LogP contribution in [0.3, 0.4) is 0 Å². The van der Waals surface area contributed by atoms with E-state index in [1.54, 1.807) is 0 Å². The molecule has 0 bridgehead atoms. The van der Waals surface area contributed by atoms with Crippen molar-refractivity contribution in [1.29, 1.82) is 0 Å². The van der Waals surface area contributed by atoms with Gasteiger partial charge >= 0.3 is 0 Å². The van der Waals surface area contributed by atoms with Gasteiger partial charge in [0.15, 0.2) is 0 Å². The lowest BCUT2D eigenvalue weighted by molar-refractivity contribution is -0.127. The molecule has 2 atom stereocenters. The van der Waals surface area contributed by atoms with E-state index < -0.39 is 6.23 Å². The van der Waals surface area contributed by atoms with Gasteiger partial charge in [-0.1, -0.05) is 0 Å². The predicted molar refractivity (Wildman–Crippen MR) is 51.2 cm³/mol. The third-order valence-corrected chi connectivity index (χ3v) is 1.80. The van der Waals surface area contributed by atoms with Crippen LogP contribution in [-0.2, 0) is 4.79 Å². The maximum Gasteiger partial charge on any atom is 0.225 e. The molecule has 5 N–H and O–H groups in total. The number of halogens is 1. The zero-order valence-corrected chi connectivity index (χ0v) is 8.14. The Kier molecular flexibility index (Phi) is 5.98. The van der Waals surface area contributed by atoms with E-state index in [2.05, 4.69) is 10.6 Å². The summed E-state index contributed by atoms with van der Waals surface area (Å²) in [7, 11) is 0. The minimum atomic E-state index is -0.707. The number of nitrogens with two attached hydrogens (primary N) is 1. The van der Waals surface area contributed by atoms with Gasteiger partial charge in [-0.2, -0.15) is 0 Å². The molecule has 0 radical (unpaired) electrons. The number of aliphatic hydroxyl groups excluding tert-OH is 1. The molecule has 78 valence electrons. The van der Waals surface area contributed by atoms with E-state index in [0.717, 1.165) is 12.8 Å². The number of rotatable bonds is 3. The van der Waals surface area contributed by atoms with Crippen molar-refractivity contribution in [1.82, 2.24) is 10.6 Å². The number of hydrogen-bond acceptors (Lipinski definition) is 4. The average molecular weight is 210 g/mol. The Bertz CT molecular complexity index is 168. The van der Waals surface area contributed by atoms with Crippen molar-refractivity contribution in [2.24, 2.45) is 5.73 Å². The summed E-state index contributed by atoms with van der Waals surface area (Å²) in [6, 6.07) is 0. The molecule has 6 heteroatoms. The van der Waals surface area contributed by atoms with Crippen molar-refractivity contribution < 1.29 is 9.90 Å². The molecular formula is C7H16ClN3O2. The normalized spacial score (nSPS) is 27.7. The molecule has 0 aromatic heterocycles. The fraction of sp³-hybridized carbons (Fsp3) is 0.857. The van der Waals surface area contributed by atoms with Crippen molar-refractivity contribution in [3.05, 3.63) is 0 Å². The highest BCUT2D eigenvalue weighted by Gasteiger charge is 2.22. The van der Waals surface area contributed by atoms with Crippen molar-refractivity contribution >= 4 is 18.3 Å². The van der Waals surface area contributed by atoms with Gasteiger partial charge in [-0.25, -0.2) is 0 Å². The summed E-state index contributed by atoms with van der Waals surface area (Å²) in [4.78, 5) is 10.9. The Hall–Kier alpha value is -0.360. The van der Waals surface area contributed by atoms with Crippen LogP contribution in [0.2, 0.25) is 0 Å². The smallest absolute Gasteiger partial charge is 0.225 e. The molecule has 1 rings (SSSR count). The maximum atomic E-state index is 10.9. The molecule has 0 saturated carbocycles. The molecule has 13 heavy (non-hydrogen) atoms. The van der Waals surface area contributed by atoms with Gasteiger partial charge in [0.1, 0.15) is 6.23 Å². The van der Waals surface area contributed by atoms with Crippen LogP contribution in [0.5, 0.6) is 0 Å². The third kappa shape index (κ3) is 4.42. The van der Waals surface area contributed by atoms with Crippen LogP contribution in [-0.4, -0.2) is 30.0 Å². The second-order valence-electron chi connectivity index (χ2n) is 2.94. The number of hydrogen-bond donors (Lipinski definition) is 4. The molecule has 1 heterocycles. The number of carbonyl (C=O) groups is 1. The summed E-state index contributed by atoms with van der Waals surface area (Å²) < 4.78 is 0. The predicted octanol–water partition coefficient (Wildman–Crippen LogP) is -1.10. The van der Waals surface area contributed by atoms with Crippen LogP contribution in [0.4, 0.5) is 0 Å². The van der Waals surface area contributed by atoms with Crippen molar-refractivity contribution in [2.75, 3.05) is 6.54 Å². The second kappa shape index (κ2) is 6.15. The first-order valence-corrected chi connectivity index (χ1v) is 4.16. The van der Waals surface area contributed by atoms with Crippen molar-refractivity contribution in [2.45, 2.75) is 31.7 Å². The average Bonchev–Trinajstić information content (AvgIpc) is 1.99. The van der Waals surface area contributed by atoms with Crippen LogP contribution in [0, 0.1) is 0 Å². The summed E-state index contributed by atoms with van der Waals surface area (Å²) >= 11 is 0. The first-order valence-electron chi connectivity index (χ1n) is 4.16. The Morgan fingerprint density at radius 2 is 2.31 bits per heavy atom. The van der Waals surface area contributed by atoms with Gasteiger partial charge in [0.2, 0.25) is 5.91 Å². The van der Waals surface area contributed by atoms with E-state index in [1.807, 2.05) is 0 Å². The van der Waals surface area contributed by atoms with E-state index in [4.69, 9.17) is 10.8 Å². The van der Waals surface area contributed by atoms with E-state index >= 15 is 0 Å². The largest absolute Gasteiger partial charge is 0.378 e. The van der Waals surface area contributed by atoms with Crippen LogP contribution >= 0.6 is 12.4 Å². The first kappa shape index (κ1) is 12.6. The summed E-state index contributed by atoms with van der Waals surface area (Å²) in [6.45, 7) is 0.601. The quantitative estimate of drug-likeness (QED) is 0.475. The van der Waals surface area contributed by atoms with Gasteiger partial charge in [0.25, 0.3) is 0 Å². The van der Waals surface area contributed by atoms with Gasteiger partial charge in [0.05, 0.1) is 12.6 Å². The molecule has 2 unspecified atom stereocenters.